The van der Waals surface area contributed by atoms with E-state index in [-0.39, 0.29) is 44.1 Å². The van der Waals surface area contributed by atoms with Gasteiger partial charge in [-0.05, 0) is 64.0 Å². The number of carboxylic acids is 1. The first kappa shape index (κ1) is 47.5. The van der Waals surface area contributed by atoms with E-state index >= 15 is 0 Å². The fourth-order valence-electron chi connectivity index (χ4n) is 8.05. The molecule has 63 heavy (non-hydrogen) atoms. The minimum Gasteiger partial charge on any atom is -0.497 e. The third-order valence-electron chi connectivity index (χ3n) is 12.0. The van der Waals surface area contributed by atoms with E-state index in [0.717, 1.165) is 18.0 Å². The van der Waals surface area contributed by atoms with E-state index in [9.17, 15) is 32.7 Å². The molecule has 3 aliphatic rings. The summed E-state index contributed by atoms with van der Waals surface area (Å²) in [5.74, 6) is -1.77. The van der Waals surface area contributed by atoms with Crippen LogP contribution in [-0.4, -0.2) is 125 Å². The number of urea groups is 1. The van der Waals surface area contributed by atoms with E-state index < -0.39 is 74.9 Å². The molecule has 0 bridgehead atoms. The molecule has 17 nitrogen and oxygen atoms in total. The number of carbonyl (C=O) groups is 4. The first-order valence-corrected chi connectivity index (χ1v) is 24.1. The van der Waals surface area contributed by atoms with Crippen molar-refractivity contribution in [2.24, 2.45) is 11.3 Å². The lowest BCUT2D eigenvalue weighted by atomic mass is 9.87. The van der Waals surface area contributed by atoms with Crippen molar-refractivity contribution in [3.05, 3.63) is 41.8 Å². The zero-order chi connectivity index (χ0) is 45.9. The fraction of sp³-hybridized carbons (Fsp3) is 0.591. The Morgan fingerprint density at radius 1 is 1.13 bits per heavy atom. The number of nitrogens with zero attached hydrogens (tertiary/aromatic N) is 4. The number of rotatable bonds is 13. The standard InChI is InChI=1S/C44H62N8O9S2/c1-9-63(58,59)51(7)24-37(43(4,5)6)49-41(57)47-31-16-14-12-10-11-13-15-27-22-44(27,40(55)56)50-38(53)35-20-29(23-52(35)39(31)54)61-36-21-33(34-25-62-42(48-34)45-26(2)3)46-32-19-28(60-8)17-18-30(32)36/h13,15,17-19,21,25-27,29,31,35,37H,9-12,14,16,20,22-24H2,1-8H3,(H,45,48)(H,50,53)(H,55,56)(H2,47,49,57)/b15-13-/t27?,29-,31+,35+,37?,44-/m1/s1. The van der Waals surface area contributed by atoms with Crippen LogP contribution in [0.15, 0.2) is 41.8 Å². The van der Waals surface area contributed by atoms with Crippen molar-refractivity contribution in [1.29, 1.82) is 0 Å². The average Bonchev–Trinajstić information content (AvgIpc) is 3.49. The van der Waals surface area contributed by atoms with Crippen molar-refractivity contribution < 1.29 is 42.2 Å². The number of thiazole rings is 1. The van der Waals surface area contributed by atoms with Gasteiger partial charge in [-0.2, -0.15) is 0 Å². The lowest BCUT2D eigenvalue weighted by Gasteiger charge is -2.35. The molecule has 5 N–H and O–H groups in total. The molecular formula is C44H62N8O9S2. The highest BCUT2D eigenvalue weighted by atomic mass is 32.2. The number of pyridine rings is 1. The molecule has 4 amide bonds. The molecule has 0 radical (unpaired) electrons. The molecule has 2 aliphatic heterocycles. The van der Waals surface area contributed by atoms with Gasteiger partial charge in [-0.3, -0.25) is 9.59 Å². The van der Waals surface area contributed by atoms with Crippen LogP contribution in [0.1, 0.15) is 86.5 Å². The third kappa shape index (κ3) is 11.2. The first-order chi connectivity index (χ1) is 29.7. The SMILES string of the molecule is CCS(=O)(=O)N(C)CC(NC(=O)N[C@H]1CCCCC/C=C\C2C[C@@]2(C(=O)O)NC(=O)[C@@H]2C[C@@H](Oc3cc(-c4csc(NC(C)C)n4)nc4cc(OC)ccc34)CN2C1=O)C(C)(C)C. The zero-order valence-corrected chi connectivity index (χ0v) is 39.0. The predicted octanol–water partition coefficient (Wildman–Crippen LogP) is 5.38. The summed E-state index contributed by atoms with van der Waals surface area (Å²) < 4.78 is 38.8. The second-order valence-corrected chi connectivity index (χ2v) is 21.3. The number of nitrogens with one attached hydrogen (secondary N) is 4. The van der Waals surface area contributed by atoms with Gasteiger partial charge in [0.25, 0.3) is 0 Å². The fourth-order valence-corrected chi connectivity index (χ4v) is 9.72. The molecular weight excluding hydrogens is 849 g/mol. The van der Waals surface area contributed by atoms with E-state index in [1.807, 2.05) is 58.2 Å². The number of hydrogen-bond donors (Lipinski definition) is 5. The van der Waals surface area contributed by atoms with Gasteiger partial charge in [0.05, 0.1) is 30.6 Å². The molecule has 0 spiro atoms. The topological polar surface area (TPSA) is 221 Å². The number of sulfonamides is 1. The van der Waals surface area contributed by atoms with Gasteiger partial charge < -0.3 is 40.7 Å². The highest BCUT2D eigenvalue weighted by Gasteiger charge is 2.61. The molecule has 2 fully saturated rings. The summed E-state index contributed by atoms with van der Waals surface area (Å²) in [6.45, 7) is 11.2. The molecule has 6 atom stereocenters. The maximum absolute atomic E-state index is 14.9. The van der Waals surface area contributed by atoms with Crippen LogP contribution >= 0.6 is 11.3 Å². The van der Waals surface area contributed by atoms with Crippen LogP contribution in [0.2, 0.25) is 0 Å². The number of allylic oxidation sites excluding steroid dienone is 1. The number of anilines is 1. The minimum absolute atomic E-state index is 0.00951. The van der Waals surface area contributed by atoms with E-state index in [4.69, 9.17) is 19.4 Å². The van der Waals surface area contributed by atoms with Gasteiger partial charge >= 0.3 is 12.0 Å². The van der Waals surface area contributed by atoms with Crippen molar-refractivity contribution in [2.45, 2.75) is 122 Å². The maximum Gasteiger partial charge on any atom is 0.330 e. The van der Waals surface area contributed by atoms with E-state index in [1.165, 1.54) is 27.6 Å². The van der Waals surface area contributed by atoms with Crippen molar-refractivity contribution in [2.75, 3.05) is 38.3 Å². The first-order valence-electron chi connectivity index (χ1n) is 21.7. The van der Waals surface area contributed by atoms with E-state index in [0.29, 0.717) is 46.6 Å². The molecule has 1 aromatic carbocycles. The highest BCUT2D eigenvalue weighted by Crippen LogP contribution is 2.45. The molecule has 2 aromatic heterocycles. The normalized spacial score (nSPS) is 24.4. The smallest absolute Gasteiger partial charge is 0.330 e. The number of aromatic nitrogens is 2. The summed E-state index contributed by atoms with van der Waals surface area (Å²) in [5, 5.41) is 25.6. The van der Waals surface area contributed by atoms with Gasteiger partial charge in [0.2, 0.25) is 21.8 Å². The Hall–Kier alpha value is -5.01. The van der Waals surface area contributed by atoms with Crippen LogP contribution in [0.3, 0.4) is 0 Å². The largest absolute Gasteiger partial charge is 0.497 e. The van der Waals surface area contributed by atoms with Crippen LogP contribution in [0.5, 0.6) is 11.5 Å². The number of amides is 4. The lowest BCUT2D eigenvalue weighted by Crippen LogP contribution is -2.59. The number of benzene rings is 1. The Morgan fingerprint density at radius 2 is 1.89 bits per heavy atom. The summed E-state index contributed by atoms with van der Waals surface area (Å²) in [5.41, 5.74) is -0.330. The van der Waals surface area contributed by atoms with Crippen LogP contribution in [-0.2, 0) is 24.4 Å². The number of carbonyl (C=O) groups excluding carboxylic acids is 3. The molecule has 1 saturated carbocycles. The molecule has 1 saturated heterocycles. The number of hydrogen-bond acceptors (Lipinski definition) is 12. The molecule has 2 unspecified atom stereocenters. The summed E-state index contributed by atoms with van der Waals surface area (Å²) in [6, 6.07) is 3.87. The van der Waals surface area contributed by atoms with Gasteiger partial charge in [-0.25, -0.2) is 32.3 Å². The van der Waals surface area contributed by atoms with Gasteiger partial charge in [0.15, 0.2) is 5.13 Å². The Bertz CT molecular complexity index is 2310. The number of ether oxygens (including phenoxy) is 2. The van der Waals surface area contributed by atoms with Crippen LogP contribution in [0, 0.1) is 11.3 Å². The van der Waals surface area contributed by atoms with E-state index in [2.05, 4.69) is 21.3 Å². The van der Waals surface area contributed by atoms with Gasteiger partial charge in [-0.1, -0.05) is 45.8 Å². The van der Waals surface area contributed by atoms with Crippen molar-refractivity contribution in [3.8, 4) is 22.9 Å². The number of fused-ring (bicyclic) bond motifs is 3. The average molecular weight is 911 g/mol. The van der Waals surface area contributed by atoms with Gasteiger partial charge in [-0.15, -0.1) is 11.3 Å². The number of carboxylic acid groups (broad SMARTS) is 1. The molecule has 1 aliphatic carbocycles. The highest BCUT2D eigenvalue weighted by molar-refractivity contribution is 7.89. The molecule has 344 valence electrons. The Labute approximate surface area is 373 Å². The zero-order valence-electron chi connectivity index (χ0n) is 37.4. The van der Waals surface area contributed by atoms with Crippen molar-refractivity contribution in [1.82, 2.24) is 35.1 Å². The van der Waals surface area contributed by atoms with Crippen LogP contribution in [0.25, 0.3) is 22.3 Å². The maximum atomic E-state index is 14.9. The second kappa shape index (κ2) is 19.4. The number of likely N-dealkylation sites (N-methyl/N-ethyl adjacent to an activating group) is 1. The van der Waals surface area contributed by atoms with E-state index in [1.54, 1.807) is 32.2 Å². The molecule has 4 heterocycles. The lowest BCUT2D eigenvalue weighted by molar-refractivity contribution is -0.145. The summed E-state index contributed by atoms with van der Waals surface area (Å²) in [7, 11) is -0.514. The summed E-state index contributed by atoms with van der Waals surface area (Å²) >= 11 is 1.45. The van der Waals surface area contributed by atoms with Crippen LogP contribution < -0.4 is 30.7 Å². The summed E-state index contributed by atoms with van der Waals surface area (Å²) in [4.78, 5) is 66.9. The Balaban J connectivity index is 1.33. The molecule has 3 aromatic rings. The number of aliphatic carboxylic acids is 1. The monoisotopic (exact) mass is 910 g/mol. The van der Waals surface area contributed by atoms with Crippen molar-refractivity contribution in [3.63, 3.8) is 0 Å². The third-order valence-corrected chi connectivity index (χ3v) is 14.6. The molecule has 6 rings (SSSR count). The quantitative estimate of drug-likeness (QED) is 0.137. The van der Waals surface area contributed by atoms with Gasteiger partial charge in [0.1, 0.15) is 40.9 Å². The second-order valence-electron chi connectivity index (χ2n) is 18.1. The van der Waals surface area contributed by atoms with Crippen molar-refractivity contribution >= 4 is 61.2 Å². The summed E-state index contributed by atoms with van der Waals surface area (Å²) in [6.07, 6.45) is 6.37. The molecule has 19 heteroatoms. The Kier molecular flexibility index (Phi) is 14.6. The number of methoxy groups -OCH3 is 1. The van der Waals surface area contributed by atoms with Gasteiger partial charge in [0, 0.05) is 60.9 Å². The minimum atomic E-state index is -3.55. The Morgan fingerprint density at radius 3 is 2.57 bits per heavy atom. The van der Waals surface area contributed by atoms with Crippen LogP contribution in [0.4, 0.5) is 9.93 Å². The predicted molar refractivity (Wildman–Crippen MR) is 242 cm³/mol.